The first-order chi connectivity index (χ1) is 9.95. The monoisotopic (exact) mass is 343 g/mol. The van der Waals surface area contributed by atoms with Gasteiger partial charge in [-0.1, -0.05) is 64.8 Å². The zero-order valence-corrected chi connectivity index (χ0v) is 13.0. The zero-order chi connectivity index (χ0) is 15.5. The van der Waals surface area contributed by atoms with E-state index in [-0.39, 0.29) is 21.4 Å². The van der Waals surface area contributed by atoms with Crippen LogP contribution in [0.2, 0.25) is 10.0 Å². The summed E-state index contributed by atoms with van der Waals surface area (Å²) in [5, 5.41) is 11.7. The molecule has 0 aliphatic heterocycles. The number of benzene rings is 2. The van der Waals surface area contributed by atoms with Gasteiger partial charge in [0.25, 0.3) is 0 Å². The molecule has 0 bridgehead atoms. The van der Waals surface area contributed by atoms with Crippen LogP contribution in [-0.4, -0.2) is 18.7 Å². The van der Waals surface area contributed by atoms with E-state index in [2.05, 4.69) is 5.16 Å². The molecule has 0 atom stereocenters. The van der Waals surface area contributed by atoms with Gasteiger partial charge < -0.3 is 5.21 Å². The number of sulfone groups is 1. The molecule has 0 unspecified atom stereocenters. The molecule has 0 amide bonds. The molecule has 0 fully saturated rings. The van der Waals surface area contributed by atoms with Crippen LogP contribution in [0.4, 0.5) is 0 Å². The van der Waals surface area contributed by atoms with Gasteiger partial charge in [-0.25, -0.2) is 8.42 Å². The molecule has 7 heteroatoms. The molecule has 0 aliphatic carbocycles. The first-order valence-electron chi connectivity index (χ1n) is 5.89. The van der Waals surface area contributed by atoms with Crippen LogP contribution < -0.4 is 0 Å². The van der Waals surface area contributed by atoms with E-state index in [9.17, 15) is 8.42 Å². The molecule has 0 saturated carbocycles. The van der Waals surface area contributed by atoms with Crippen LogP contribution in [0.1, 0.15) is 11.1 Å². The van der Waals surface area contributed by atoms with Crippen LogP contribution in [0.15, 0.2) is 53.7 Å². The predicted molar refractivity (Wildman–Crippen MR) is 83.9 cm³/mol. The number of rotatable bonds is 3. The molecule has 21 heavy (non-hydrogen) atoms. The number of hydrogen-bond acceptors (Lipinski definition) is 4. The summed E-state index contributed by atoms with van der Waals surface area (Å²) in [6, 6.07) is 13.1. The number of oxime groups is 1. The van der Waals surface area contributed by atoms with Crippen molar-refractivity contribution < 1.29 is 13.6 Å². The third-order valence-electron chi connectivity index (χ3n) is 2.76. The van der Waals surface area contributed by atoms with Gasteiger partial charge in [-0.3, -0.25) is 0 Å². The molecule has 0 aliphatic rings. The first-order valence-corrected chi connectivity index (χ1v) is 8.29. The molecule has 1 N–H and O–H groups in total. The van der Waals surface area contributed by atoms with Crippen LogP contribution >= 0.6 is 23.2 Å². The van der Waals surface area contributed by atoms with Crippen LogP contribution in [0, 0.1) is 0 Å². The minimum atomic E-state index is -3.89. The normalized spacial score (nSPS) is 12.4. The predicted octanol–water partition coefficient (Wildman–Crippen LogP) is 3.74. The molecule has 0 aromatic heterocycles. The summed E-state index contributed by atoms with van der Waals surface area (Å²) in [7, 11) is -3.89. The maximum Gasteiger partial charge on any atom is 0.204 e. The summed E-state index contributed by atoms with van der Waals surface area (Å²) in [5.74, 6) is -0.311. The van der Waals surface area contributed by atoms with Crippen LogP contribution in [0.3, 0.4) is 0 Å². The van der Waals surface area contributed by atoms with Gasteiger partial charge in [0.1, 0.15) is 0 Å². The van der Waals surface area contributed by atoms with Gasteiger partial charge in [-0.05, 0) is 17.7 Å². The Kier molecular flexibility index (Phi) is 4.88. The van der Waals surface area contributed by atoms with Crippen LogP contribution in [0.5, 0.6) is 0 Å². The largest absolute Gasteiger partial charge is 0.410 e. The van der Waals surface area contributed by atoms with E-state index < -0.39 is 14.9 Å². The highest BCUT2D eigenvalue weighted by molar-refractivity contribution is 8.06. The average molecular weight is 344 g/mol. The Hall–Kier alpha value is -1.56. The Morgan fingerprint density at radius 2 is 1.57 bits per heavy atom. The molecule has 4 nitrogen and oxygen atoms in total. The van der Waals surface area contributed by atoms with Crippen LogP contribution in [-0.2, 0) is 15.6 Å². The van der Waals surface area contributed by atoms with Crippen molar-refractivity contribution in [1.29, 1.82) is 0 Å². The number of nitrogens with zero attached hydrogens (tertiary/aromatic N) is 1. The fourth-order valence-corrected chi connectivity index (χ4v) is 3.94. The molecule has 0 radical (unpaired) electrons. The van der Waals surface area contributed by atoms with Gasteiger partial charge >= 0.3 is 0 Å². The minimum absolute atomic E-state index is 0.000681. The average Bonchev–Trinajstić information content (AvgIpc) is 2.43. The second-order valence-electron chi connectivity index (χ2n) is 4.25. The number of halogens is 2. The molecule has 0 heterocycles. The lowest BCUT2D eigenvalue weighted by atomic mass is 10.2. The fraction of sp³-hybridized carbons (Fsp3) is 0.0714. The van der Waals surface area contributed by atoms with Gasteiger partial charge in [0.05, 0.1) is 21.4 Å². The molecule has 110 valence electrons. The molecular formula is C14H11Cl2NO3S. The van der Waals surface area contributed by atoms with Crippen molar-refractivity contribution in [1.82, 2.24) is 0 Å². The summed E-state index contributed by atoms with van der Waals surface area (Å²) in [6.07, 6.45) is 0. The van der Waals surface area contributed by atoms with Crippen molar-refractivity contribution in [3.63, 3.8) is 0 Å². The SMILES string of the molecule is O=S(=O)(Cc1ccccc1)C(=NO)c1c(Cl)cccc1Cl. The maximum absolute atomic E-state index is 12.4. The van der Waals surface area contributed by atoms with E-state index in [0.29, 0.717) is 5.56 Å². The highest BCUT2D eigenvalue weighted by atomic mass is 35.5. The first kappa shape index (κ1) is 15.8. The van der Waals surface area contributed by atoms with E-state index in [4.69, 9.17) is 28.4 Å². The Balaban J connectivity index is 2.47. The standard InChI is InChI=1S/C14H11Cl2NO3S/c15-11-7-4-8-12(16)13(11)14(17-18)21(19,20)9-10-5-2-1-3-6-10/h1-8,18H,9H2. The summed E-state index contributed by atoms with van der Waals surface area (Å²) in [6.45, 7) is 0. The second-order valence-corrected chi connectivity index (χ2v) is 6.97. The highest BCUT2D eigenvalue weighted by Crippen LogP contribution is 2.27. The molecule has 2 rings (SSSR count). The lowest BCUT2D eigenvalue weighted by Crippen LogP contribution is -2.19. The fourth-order valence-electron chi connectivity index (χ4n) is 1.83. The van der Waals surface area contributed by atoms with Crippen molar-refractivity contribution in [2.45, 2.75) is 5.75 Å². The Morgan fingerprint density at radius 1 is 1.00 bits per heavy atom. The maximum atomic E-state index is 12.4. The third kappa shape index (κ3) is 3.56. The summed E-state index contributed by atoms with van der Waals surface area (Å²) in [4.78, 5) is 0. The van der Waals surface area contributed by atoms with E-state index in [0.717, 1.165) is 0 Å². The molecular weight excluding hydrogens is 333 g/mol. The molecule has 2 aromatic carbocycles. The minimum Gasteiger partial charge on any atom is -0.410 e. The lowest BCUT2D eigenvalue weighted by Gasteiger charge is -2.10. The van der Waals surface area contributed by atoms with E-state index in [1.807, 2.05) is 0 Å². The molecule has 0 spiro atoms. The highest BCUT2D eigenvalue weighted by Gasteiger charge is 2.27. The van der Waals surface area contributed by atoms with E-state index in [1.54, 1.807) is 36.4 Å². The van der Waals surface area contributed by atoms with Crippen molar-refractivity contribution in [3.05, 3.63) is 69.7 Å². The second kappa shape index (κ2) is 6.47. The van der Waals surface area contributed by atoms with Crippen LogP contribution in [0.25, 0.3) is 0 Å². The van der Waals surface area contributed by atoms with Crippen molar-refractivity contribution in [3.8, 4) is 0 Å². The van der Waals surface area contributed by atoms with Gasteiger partial charge in [0.2, 0.25) is 14.9 Å². The third-order valence-corrected chi connectivity index (χ3v) is 4.98. The van der Waals surface area contributed by atoms with Crippen molar-refractivity contribution in [2.75, 3.05) is 0 Å². The van der Waals surface area contributed by atoms with Gasteiger partial charge in [0, 0.05) is 0 Å². The summed E-state index contributed by atoms with van der Waals surface area (Å²) < 4.78 is 24.9. The lowest BCUT2D eigenvalue weighted by molar-refractivity contribution is 0.320. The Morgan fingerprint density at radius 3 is 2.10 bits per heavy atom. The Labute approximate surface area is 132 Å². The summed E-state index contributed by atoms with van der Waals surface area (Å²) in [5.41, 5.74) is 0.570. The Bertz CT molecular complexity index is 754. The van der Waals surface area contributed by atoms with Crippen molar-refractivity contribution >= 4 is 38.1 Å². The van der Waals surface area contributed by atoms with Gasteiger partial charge in [0.15, 0.2) is 0 Å². The summed E-state index contributed by atoms with van der Waals surface area (Å²) >= 11 is 11.9. The smallest absolute Gasteiger partial charge is 0.204 e. The number of hydrogen-bond donors (Lipinski definition) is 1. The van der Waals surface area contributed by atoms with Crippen molar-refractivity contribution in [2.24, 2.45) is 5.16 Å². The quantitative estimate of drug-likeness (QED) is 0.399. The van der Waals surface area contributed by atoms with Gasteiger partial charge in [-0.2, -0.15) is 0 Å². The topological polar surface area (TPSA) is 66.7 Å². The zero-order valence-electron chi connectivity index (χ0n) is 10.7. The van der Waals surface area contributed by atoms with E-state index in [1.165, 1.54) is 12.1 Å². The van der Waals surface area contributed by atoms with E-state index >= 15 is 0 Å². The molecule has 2 aromatic rings. The van der Waals surface area contributed by atoms with Gasteiger partial charge in [-0.15, -0.1) is 0 Å². The molecule has 0 saturated heterocycles.